The highest BCUT2D eigenvalue weighted by molar-refractivity contribution is 7.89. The molecule has 1 N–H and O–H groups in total. The number of nitrogens with zero attached hydrogens (tertiary/aromatic N) is 3. The quantitative estimate of drug-likeness (QED) is 0.322. The molecule has 174 valence electrons. The fourth-order valence-electron chi connectivity index (χ4n) is 3.59. The van der Waals surface area contributed by atoms with Crippen molar-refractivity contribution < 1.29 is 8.42 Å². The molecule has 4 aromatic rings. The summed E-state index contributed by atoms with van der Waals surface area (Å²) in [7, 11) is -3.76. The first kappa shape index (κ1) is 24.0. The van der Waals surface area contributed by atoms with E-state index >= 15 is 0 Å². The van der Waals surface area contributed by atoms with Crippen molar-refractivity contribution in [2.75, 3.05) is 19.6 Å². The zero-order valence-electron chi connectivity index (χ0n) is 18.5. The van der Waals surface area contributed by atoms with Crippen LogP contribution in [0.5, 0.6) is 0 Å². The van der Waals surface area contributed by atoms with E-state index in [1.807, 2.05) is 54.6 Å². The highest BCUT2D eigenvalue weighted by Gasteiger charge is 2.26. The number of nitrogens with one attached hydrogen (secondary N) is 1. The smallest absolute Gasteiger partial charge is 0.244 e. The van der Waals surface area contributed by atoms with Gasteiger partial charge in [-0.05, 0) is 41.5 Å². The largest absolute Gasteiger partial charge is 0.312 e. The number of aromatic nitrogens is 2. The van der Waals surface area contributed by atoms with Crippen LogP contribution in [0.2, 0.25) is 5.02 Å². The predicted octanol–water partition coefficient (Wildman–Crippen LogP) is 4.78. The normalized spacial score (nSPS) is 12.1. The van der Waals surface area contributed by atoms with Crippen LogP contribution in [0.3, 0.4) is 0 Å². The number of rotatable bonds is 10. The maximum Gasteiger partial charge on any atom is 0.244 e. The third-order valence-electron chi connectivity index (χ3n) is 5.32. The van der Waals surface area contributed by atoms with Gasteiger partial charge in [0.05, 0.1) is 4.90 Å². The highest BCUT2D eigenvalue weighted by Crippen LogP contribution is 2.26. The molecule has 0 fully saturated rings. The molecule has 0 aliphatic carbocycles. The summed E-state index contributed by atoms with van der Waals surface area (Å²) in [5.41, 5.74) is 1.88. The number of pyridine rings is 2. The maximum atomic E-state index is 13.7. The van der Waals surface area contributed by atoms with Crippen molar-refractivity contribution in [2.45, 2.75) is 11.4 Å². The highest BCUT2D eigenvalue weighted by atomic mass is 35.5. The Morgan fingerprint density at radius 1 is 0.941 bits per heavy atom. The molecule has 2 aromatic carbocycles. The molecule has 0 saturated heterocycles. The number of hydrogen-bond acceptors (Lipinski definition) is 5. The Balaban J connectivity index is 1.48. The lowest BCUT2D eigenvalue weighted by atomic mass is 10.2. The van der Waals surface area contributed by atoms with Crippen molar-refractivity contribution in [3.8, 4) is 0 Å². The molecule has 0 bridgehead atoms. The van der Waals surface area contributed by atoms with E-state index in [9.17, 15) is 8.42 Å². The van der Waals surface area contributed by atoms with E-state index in [1.165, 1.54) is 4.31 Å². The Kier molecular flexibility index (Phi) is 8.03. The Hall–Kier alpha value is -3.10. The summed E-state index contributed by atoms with van der Waals surface area (Å²) in [6.07, 6.45) is 10.7. The van der Waals surface area contributed by atoms with Crippen LogP contribution in [0.25, 0.3) is 16.8 Å². The van der Waals surface area contributed by atoms with Gasteiger partial charge in [0.1, 0.15) is 0 Å². The molecule has 2 heterocycles. The summed E-state index contributed by atoms with van der Waals surface area (Å²) >= 11 is 5.92. The van der Waals surface area contributed by atoms with Crippen LogP contribution < -0.4 is 5.32 Å². The molecule has 0 radical (unpaired) electrons. The molecule has 0 saturated carbocycles. The third kappa shape index (κ3) is 6.07. The Morgan fingerprint density at radius 2 is 1.76 bits per heavy atom. The zero-order chi connectivity index (χ0) is 23.8. The topological polar surface area (TPSA) is 75.2 Å². The van der Waals surface area contributed by atoms with Crippen LogP contribution >= 0.6 is 11.6 Å². The summed E-state index contributed by atoms with van der Waals surface area (Å²) in [4.78, 5) is 8.52. The fourth-order valence-corrected chi connectivity index (χ4v) is 5.36. The first-order valence-electron chi connectivity index (χ1n) is 10.9. The maximum absolute atomic E-state index is 13.7. The molecule has 6 nitrogen and oxygen atoms in total. The van der Waals surface area contributed by atoms with Gasteiger partial charge >= 0.3 is 0 Å². The molecular formula is C26H25ClN4O2S. The lowest BCUT2D eigenvalue weighted by Gasteiger charge is -2.23. The number of sulfonamides is 1. The number of hydrogen-bond donors (Lipinski definition) is 1. The average molecular weight is 493 g/mol. The number of benzene rings is 2. The molecule has 2 aromatic heterocycles. The van der Waals surface area contributed by atoms with E-state index in [0.717, 1.165) is 16.5 Å². The van der Waals surface area contributed by atoms with E-state index in [-0.39, 0.29) is 11.4 Å². The van der Waals surface area contributed by atoms with E-state index in [2.05, 4.69) is 15.3 Å². The van der Waals surface area contributed by atoms with E-state index in [0.29, 0.717) is 30.0 Å². The first-order valence-corrected chi connectivity index (χ1v) is 12.7. The van der Waals surface area contributed by atoms with Gasteiger partial charge in [-0.25, -0.2) is 8.42 Å². The first-order chi connectivity index (χ1) is 16.5. The second kappa shape index (κ2) is 11.4. The van der Waals surface area contributed by atoms with Crippen LogP contribution in [-0.4, -0.2) is 42.3 Å². The zero-order valence-corrected chi connectivity index (χ0v) is 20.1. The molecule has 34 heavy (non-hydrogen) atoms. The monoisotopic (exact) mass is 492 g/mol. The minimum atomic E-state index is -3.76. The Bertz CT molecular complexity index is 1360. The van der Waals surface area contributed by atoms with E-state index < -0.39 is 10.0 Å². The van der Waals surface area contributed by atoms with Crippen molar-refractivity contribution in [3.63, 3.8) is 0 Å². The van der Waals surface area contributed by atoms with Gasteiger partial charge in [-0.1, -0.05) is 54.1 Å². The van der Waals surface area contributed by atoms with Crippen LogP contribution in [0, 0.1) is 0 Å². The molecule has 0 aliphatic heterocycles. The lowest BCUT2D eigenvalue weighted by Crippen LogP contribution is -2.36. The van der Waals surface area contributed by atoms with Crippen molar-refractivity contribution >= 4 is 38.5 Å². The summed E-state index contributed by atoms with van der Waals surface area (Å²) in [6, 6.07) is 18.3. The second-order valence-corrected chi connectivity index (χ2v) is 10.1. The van der Waals surface area contributed by atoms with Crippen molar-refractivity contribution in [2.24, 2.45) is 0 Å². The van der Waals surface area contributed by atoms with Gasteiger partial charge in [-0.15, -0.1) is 0 Å². The third-order valence-corrected chi connectivity index (χ3v) is 7.48. The van der Waals surface area contributed by atoms with Crippen molar-refractivity contribution in [1.82, 2.24) is 19.6 Å². The predicted molar refractivity (Wildman–Crippen MR) is 137 cm³/mol. The lowest BCUT2D eigenvalue weighted by molar-refractivity contribution is 0.402. The number of halogens is 1. The molecule has 0 atom stereocenters. The second-order valence-electron chi connectivity index (χ2n) is 7.71. The van der Waals surface area contributed by atoms with Gasteiger partial charge in [0.2, 0.25) is 10.0 Å². The van der Waals surface area contributed by atoms with E-state index in [4.69, 9.17) is 11.6 Å². The molecule has 0 spiro atoms. The summed E-state index contributed by atoms with van der Waals surface area (Å²) < 4.78 is 28.9. The van der Waals surface area contributed by atoms with Gasteiger partial charge in [0.15, 0.2) is 0 Å². The van der Waals surface area contributed by atoms with Crippen LogP contribution in [-0.2, 0) is 16.6 Å². The number of fused-ring (bicyclic) bond motifs is 1. The SMILES string of the molecule is O=S(=O)(c1cccc2cnccc12)N(CCNCC=Cc1ccc(Cl)cc1)Cc1cccnc1. The van der Waals surface area contributed by atoms with Gasteiger partial charge in [-0.3, -0.25) is 9.97 Å². The van der Waals surface area contributed by atoms with Crippen molar-refractivity contribution in [1.29, 1.82) is 0 Å². The summed E-state index contributed by atoms with van der Waals surface area (Å²) in [5, 5.41) is 5.45. The minimum absolute atomic E-state index is 0.236. The fraction of sp³-hybridized carbons (Fsp3) is 0.154. The van der Waals surface area contributed by atoms with Gasteiger partial charge < -0.3 is 5.32 Å². The van der Waals surface area contributed by atoms with Crippen LogP contribution in [0.4, 0.5) is 0 Å². The molecule has 0 amide bonds. The standard InChI is InChI=1S/C26H25ClN4O2S/c27-24-10-8-21(9-11-24)4-2-13-28-16-17-31(20-22-5-3-14-29-18-22)34(32,33)26-7-1-6-23-19-30-15-12-25(23)26/h1-12,14-15,18-19,28H,13,16-17,20H2. The minimum Gasteiger partial charge on any atom is -0.312 e. The van der Waals surface area contributed by atoms with Crippen LogP contribution in [0.1, 0.15) is 11.1 Å². The molecule has 8 heteroatoms. The molecule has 4 rings (SSSR count). The Labute approximate surface area is 205 Å². The van der Waals surface area contributed by atoms with Gasteiger partial charge in [0, 0.05) is 66.8 Å². The molecule has 0 unspecified atom stereocenters. The average Bonchev–Trinajstić information content (AvgIpc) is 2.86. The summed E-state index contributed by atoms with van der Waals surface area (Å²) in [6.45, 7) is 1.66. The van der Waals surface area contributed by atoms with Crippen molar-refractivity contribution in [3.05, 3.63) is 108 Å². The Morgan fingerprint density at radius 3 is 2.56 bits per heavy atom. The summed E-state index contributed by atoms with van der Waals surface area (Å²) in [5.74, 6) is 0. The van der Waals surface area contributed by atoms with Gasteiger partial charge in [0.25, 0.3) is 0 Å². The van der Waals surface area contributed by atoms with Gasteiger partial charge in [-0.2, -0.15) is 4.31 Å². The van der Waals surface area contributed by atoms with E-state index in [1.54, 1.807) is 43.0 Å². The van der Waals surface area contributed by atoms with Crippen LogP contribution in [0.15, 0.2) is 96.4 Å². The molecular weight excluding hydrogens is 468 g/mol. The molecule has 0 aliphatic rings.